The first-order chi connectivity index (χ1) is 12.0. The summed E-state index contributed by atoms with van der Waals surface area (Å²) in [4.78, 5) is 3.66. The van der Waals surface area contributed by atoms with Crippen molar-refractivity contribution in [3.8, 4) is 11.3 Å². The van der Waals surface area contributed by atoms with E-state index in [9.17, 15) is 0 Å². The maximum atomic E-state index is 7.48. The molecule has 4 rings (SSSR count). The number of benzene rings is 2. The van der Waals surface area contributed by atoms with Crippen LogP contribution >= 0.6 is 0 Å². The zero-order valence-corrected chi connectivity index (χ0v) is 14.8. The number of nitrogens with zero attached hydrogens (tertiary/aromatic N) is 2. The van der Waals surface area contributed by atoms with Crippen molar-refractivity contribution in [2.24, 2.45) is 7.05 Å². The van der Waals surface area contributed by atoms with Crippen LogP contribution in [-0.2, 0) is 7.05 Å². The quantitative estimate of drug-likeness (QED) is 0.331. The van der Waals surface area contributed by atoms with Gasteiger partial charge in [-0.1, -0.05) is 18.2 Å². The Balaban J connectivity index is 2.27. The van der Waals surface area contributed by atoms with Crippen LogP contribution in [-0.4, -0.2) is 0 Å². The van der Waals surface area contributed by atoms with Gasteiger partial charge in [0.25, 0.3) is 0 Å². The lowest BCUT2D eigenvalue weighted by atomic mass is 9.95. The van der Waals surface area contributed by atoms with Gasteiger partial charge in [0.2, 0.25) is 11.4 Å². The third kappa shape index (κ3) is 2.15. The van der Waals surface area contributed by atoms with Crippen molar-refractivity contribution in [2.45, 2.75) is 20.8 Å². The molecule has 2 aromatic heterocycles. The van der Waals surface area contributed by atoms with E-state index in [2.05, 4.69) is 42.3 Å². The van der Waals surface area contributed by atoms with Crippen molar-refractivity contribution in [1.82, 2.24) is 0 Å². The Morgan fingerprint density at radius 1 is 0.920 bits per heavy atom. The first kappa shape index (κ1) is 15.4. The molecule has 0 N–H and O–H groups in total. The summed E-state index contributed by atoms with van der Waals surface area (Å²) >= 11 is 0. The van der Waals surface area contributed by atoms with Crippen LogP contribution < -0.4 is 4.57 Å². The van der Waals surface area contributed by atoms with E-state index in [1.807, 2.05) is 37.5 Å². The Labute approximate surface area is 147 Å². The van der Waals surface area contributed by atoms with Crippen LogP contribution in [0.4, 0.5) is 5.69 Å². The van der Waals surface area contributed by atoms with E-state index in [-0.39, 0.29) is 0 Å². The summed E-state index contributed by atoms with van der Waals surface area (Å²) in [6.45, 7) is 13.8. The molecule has 4 aromatic rings. The second-order valence-corrected chi connectivity index (χ2v) is 6.61. The molecule has 2 heterocycles. The molecule has 0 saturated carbocycles. The zero-order chi connectivity index (χ0) is 17.7. The molecule has 0 radical (unpaired) electrons. The average Bonchev–Trinajstić information content (AvgIpc) is 2.98. The van der Waals surface area contributed by atoms with Crippen LogP contribution in [0.2, 0.25) is 0 Å². The van der Waals surface area contributed by atoms with Crippen LogP contribution in [0.3, 0.4) is 0 Å². The zero-order valence-electron chi connectivity index (χ0n) is 14.8. The summed E-state index contributed by atoms with van der Waals surface area (Å²) in [7, 11) is 2.04. The van der Waals surface area contributed by atoms with E-state index in [0.717, 1.165) is 33.2 Å². The van der Waals surface area contributed by atoms with Crippen LogP contribution in [0.1, 0.15) is 16.7 Å². The van der Waals surface area contributed by atoms with Gasteiger partial charge in [0, 0.05) is 22.9 Å². The van der Waals surface area contributed by atoms with Gasteiger partial charge in [-0.3, -0.25) is 0 Å². The van der Waals surface area contributed by atoms with Crippen LogP contribution in [0.25, 0.3) is 38.0 Å². The molecule has 3 nitrogen and oxygen atoms in total. The van der Waals surface area contributed by atoms with E-state index in [0.29, 0.717) is 11.3 Å². The predicted molar refractivity (Wildman–Crippen MR) is 101 cm³/mol. The van der Waals surface area contributed by atoms with E-state index in [1.165, 1.54) is 11.1 Å². The maximum absolute atomic E-state index is 7.48. The normalized spacial score (nSPS) is 11.2. The van der Waals surface area contributed by atoms with Crippen LogP contribution in [0.15, 0.2) is 47.0 Å². The number of rotatable bonds is 1. The Kier molecular flexibility index (Phi) is 3.36. The van der Waals surface area contributed by atoms with Gasteiger partial charge in [-0.15, -0.1) is 0 Å². The van der Waals surface area contributed by atoms with Crippen molar-refractivity contribution in [3.63, 3.8) is 0 Å². The summed E-state index contributed by atoms with van der Waals surface area (Å²) in [5.41, 5.74) is 7.81. The highest BCUT2D eigenvalue weighted by Crippen LogP contribution is 2.43. The van der Waals surface area contributed by atoms with Gasteiger partial charge in [0.15, 0.2) is 6.20 Å². The molecule has 0 atom stereocenters. The Bertz CT molecular complexity index is 1190. The first-order valence-electron chi connectivity index (χ1n) is 8.31. The van der Waals surface area contributed by atoms with E-state index < -0.39 is 0 Å². The number of furan rings is 1. The van der Waals surface area contributed by atoms with Gasteiger partial charge in [-0.2, -0.15) is 0 Å². The fourth-order valence-electron chi connectivity index (χ4n) is 3.74. The number of aryl methyl sites for hydroxylation is 4. The highest BCUT2D eigenvalue weighted by molar-refractivity contribution is 6.15. The first-order valence-corrected chi connectivity index (χ1v) is 8.31. The second-order valence-electron chi connectivity index (χ2n) is 6.61. The Hall–Kier alpha value is -3.12. The molecule has 0 aliphatic carbocycles. The summed E-state index contributed by atoms with van der Waals surface area (Å²) in [5.74, 6) is 0. The Morgan fingerprint density at radius 2 is 1.68 bits per heavy atom. The van der Waals surface area contributed by atoms with E-state index in [4.69, 9.17) is 11.0 Å². The minimum atomic E-state index is 0.567. The molecule has 122 valence electrons. The molecule has 0 bridgehead atoms. The standard InChI is InChI=1S/C22H19N2O/c1-13-9-10-16(23-4)21-19(13)20-15(3)12-14(2)18(22(20)25-21)17-8-6-7-11-24(17)5/h6-12H,1-3,5H3/q+1. The number of hydrogen-bond acceptors (Lipinski definition) is 1. The molecule has 25 heavy (non-hydrogen) atoms. The van der Waals surface area contributed by atoms with Crippen LogP contribution in [0.5, 0.6) is 0 Å². The van der Waals surface area contributed by atoms with Gasteiger partial charge in [0.05, 0.1) is 12.1 Å². The van der Waals surface area contributed by atoms with Crippen molar-refractivity contribution < 1.29 is 8.98 Å². The lowest BCUT2D eigenvalue weighted by Crippen LogP contribution is -2.30. The van der Waals surface area contributed by atoms with Gasteiger partial charge >= 0.3 is 0 Å². The second kappa shape index (κ2) is 5.46. The lowest BCUT2D eigenvalue weighted by Gasteiger charge is -2.08. The highest BCUT2D eigenvalue weighted by atomic mass is 16.3. The molecule has 2 aromatic carbocycles. The van der Waals surface area contributed by atoms with E-state index in [1.54, 1.807) is 0 Å². The molecule has 0 saturated heterocycles. The highest BCUT2D eigenvalue weighted by Gasteiger charge is 2.23. The molecular formula is C22H19N2O+. The number of fused-ring (bicyclic) bond motifs is 3. The fraction of sp³-hybridized carbons (Fsp3) is 0.182. The molecule has 0 spiro atoms. The average molecular weight is 327 g/mol. The van der Waals surface area contributed by atoms with Gasteiger partial charge in [0.1, 0.15) is 18.2 Å². The minimum absolute atomic E-state index is 0.567. The van der Waals surface area contributed by atoms with Crippen LogP contribution in [0, 0.1) is 27.3 Å². The van der Waals surface area contributed by atoms with Crippen molar-refractivity contribution in [1.29, 1.82) is 0 Å². The monoisotopic (exact) mass is 327 g/mol. The molecule has 0 unspecified atom stereocenters. The van der Waals surface area contributed by atoms with Crippen molar-refractivity contribution in [3.05, 3.63) is 70.7 Å². The van der Waals surface area contributed by atoms with Crippen molar-refractivity contribution >= 4 is 27.6 Å². The molecule has 3 heteroatoms. The molecule has 0 amide bonds. The molecular weight excluding hydrogens is 308 g/mol. The number of aromatic nitrogens is 1. The fourth-order valence-corrected chi connectivity index (χ4v) is 3.74. The third-order valence-corrected chi connectivity index (χ3v) is 4.91. The SMILES string of the molecule is [C-]#[N+]c1ccc(C)c2c1oc1c(-c3cccc[n+]3C)c(C)cc(C)c12. The van der Waals surface area contributed by atoms with Gasteiger partial charge in [-0.05, 0) is 43.5 Å². The third-order valence-electron chi connectivity index (χ3n) is 4.91. The smallest absolute Gasteiger partial charge is 0.229 e. The summed E-state index contributed by atoms with van der Waals surface area (Å²) in [5, 5.41) is 2.17. The summed E-state index contributed by atoms with van der Waals surface area (Å²) < 4.78 is 8.43. The van der Waals surface area contributed by atoms with Gasteiger partial charge < -0.3 is 4.42 Å². The molecule has 0 aliphatic rings. The predicted octanol–water partition coefficient (Wildman–Crippen LogP) is 5.55. The summed E-state index contributed by atoms with van der Waals surface area (Å²) in [6, 6.07) is 12.2. The van der Waals surface area contributed by atoms with Gasteiger partial charge in [-0.25, -0.2) is 9.41 Å². The molecule has 0 fully saturated rings. The minimum Gasteiger partial charge on any atom is -0.466 e. The topological polar surface area (TPSA) is 21.4 Å². The lowest BCUT2D eigenvalue weighted by molar-refractivity contribution is -0.660. The number of hydrogen-bond donors (Lipinski definition) is 0. The Morgan fingerprint density at radius 3 is 2.40 bits per heavy atom. The van der Waals surface area contributed by atoms with Crippen molar-refractivity contribution in [2.75, 3.05) is 0 Å². The summed E-state index contributed by atoms with van der Waals surface area (Å²) in [6.07, 6.45) is 2.04. The maximum Gasteiger partial charge on any atom is 0.229 e. The largest absolute Gasteiger partial charge is 0.466 e. The molecule has 0 aliphatic heterocycles. The van der Waals surface area contributed by atoms with E-state index >= 15 is 0 Å². The number of pyridine rings is 1.